The van der Waals surface area contributed by atoms with Gasteiger partial charge in [0.1, 0.15) is 0 Å². The molecule has 0 aromatic rings. The molecule has 6 nitrogen and oxygen atoms in total. The molecule has 1 aliphatic rings. The summed E-state index contributed by atoms with van der Waals surface area (Å²) in [6, 6.07) is 0. The van der Waals surface area contributed by atoms with Gasteiger partial charge >= 0.3 is 0 Å². The van der Waals surface area contributed by atoms with Crippen molar-refractivity contribution < 1.29 is 17.9 Å². The van der Waals surface area contributed by atoms with Crippen molar-refractivity contribution in [3.8, 4) is 0 Å². The second-order valence-corrected chi connectivity index (χ2v) is 7.18. The molecule has 0 aliphatic carbocycles. The van der Waals surface area contributed by atoms with Gasteiger partial charge in [0.15, 0.2) is 0 Å². The Balaban J connectivity index is 2.44. The summed E-state index contributed by atoms with van der Waals surface area (Å²) in [7, 11) is -3.27. The minimum atomic E-state index is -3.27. The van der Waals surface area contributed by atoms with E-state index in [0.717, 1.165) is 12.8 Å². The Morgan fingerprint density at radius 1 is 1.47 bits per heavy atom. The molecule has 0 radical (unpaired) electrons. The van der Waals surface area contributed by atoms with Crippen molar-refractivity contribution >= 4 is 15.9 Å². The molecule has 0 aromatic heterocycles. The Labute approximate surface area is 115 Å². The van der Waals surface area contributed by atoms with Crippen LogP contribution in [0.15, 0.2) is 0 Å². The Hall–Kier alpha value is -0.660. The van der Waals surface area contributed by atoms with Crippen molar-refractivity contribution in [1.82, 2.24) is 9.62 Å². The Morgan fingerprint density at radius 2 is 2.16 bits per heavy atom. The van der Waals surface area contributed by atoms with Crippen LogP contribution < -0.4 is 5.32 Å². The fraction of sp³-hybridized carbons (Fsp3) is 0.917. The summed E-state index contributed by atoms with van der Waals surface area (Å²) in [5, 5.41) is 2.72. The fourth-order valence-electron chi connectivity index (χ4n) is 1.92. The number of sulfonamides is 1. The first-order valence-electron chi connectivity index (χ1n) is 6.65. The molecule has 1 atom stereocenters. The van der Waals surface area contributed by atoms with E-state index in [9.17, 15) is 13.2 Å². The highest BCUT2D eigenvalue weighted by molar-refractivity contribution is 7.88. The summed E-state index contributed by atoms with van der Waals surface area (Å²) >= 11 is 0. The summed E-state index contributed by atoms with van der Waals surface area (Å²) in [6.07, 6.45) is 3.04. The Bertz CT molecular complexity index is 389. The summed E-state index contributed by atoms with van der Waals surface area (Å²) in [5.41, 5.74) is 0. The van der Waals surface area contributed by atoms with Gasteiger partial charge in [0, 0.05) is 32.2 Å². The second kappa shape index (κ2) is 7.21. The minimum absolute atomic E-state index is 0.0180. The molecule has 1 amide bonds. The third-order valence-corrected chi connectivity index (χ3v) is 4.35. The van der Waals surface area contributed by atoms with Crippen molar-refractivity contribution in [2.75, 3.05) is 32.5 Å². The van der Waals surface area contributed by atoms with Crippen LogP contribution in [0.3, 0.4) is 0 Å². The minimum Gasteiger partial charge on any atom is -0.377 e. The molecule has 19 heavy (non-hydrogen) atoms. The van der Waals surface area contributed by atoms with Gasteiger partial charge in [-0.1, -0.05) is 13.8 Å². The lowest BCUT2D eigenvalue weighted by atomic mass is 10.2. The first-order valence-corrected chi connectivity index (χ1v) is 8.50. The van der Waals surface area contributed by atoms with E-state index < -0.39 is 10.0 Å². The summed E-state index contributed by atoms with van der Waals surface area (Å²) in [5.74, 6) is -0.157. The topological polar surface area (TPSA) is 75.7 Å². The van der Waals surface area contributed by atoms with Gasteiger partial charge in [0.05, 0.1) is 12.4 Å². The van der Waals surface area contributed by atoms with Gasteiger partial charge in [-0.25, -0.2) is 8.42 Å². The second-order valence-electron chi connectivity index (χ2n) is 5.20. The smallest absolute Gasteiger partial charge is 0.222 e. The van der Waals surface area contributed by atoms with E-state index in [2.05, 4.69) is 5.32 Å². The predicted octanol–water partition coefficient (Wildman–Crippen LogP) is 0.199. The molecule has 1 saturated heterocycles. The maximum absolute atomic E-state index is 11.7. The van der Waals surface area contributed by atoms with Crippen LogP contribution in [0.2, 0.25) is 0 Å². The van der Waals surface area contributed by atoms with E-state index in [1.165, 1.54) is 10.6 Å². The van der Waals surface area contributed by atoms with Crippen LogP contribution in [0.5, 0.6) is 0 Å². The molecule has 1 aliphatic heterocycles. The van der Waals surface area contributed by atoms with Gasteiger partial charge in [-0.05, 0) is 12.8 Å². The first-order chi connectivity index (χ1) is 8.80. The number of carbonyl (C=O) groups excluding carboxylic acids is 1. The van der Waals surface area contributed by atoms with Gasteiger partial charge in [-0.2, -0.15) is 4.31 Å². The predicted molar refractivity (Wildman–Crippen MR) is 73.2 cm³/mol. The van der Waals surface area contributed by atoms with Gasteiger partial charge < -0.3 is 10.1 Å². The standard InChI is InChI=1S/C12H24N2O4S/c1-10(2)12(15)13-6-7-14(19(3,16)17)9-11-5-4-8-18-11/h10-11H,4-9H2,1-3H3,(H,13,15). The Morgan fingerprint density at radius 3 is 2.63 bits per heavy atom. The lowest BCUT2D eigenvalue weighted by molar-refractivity contribution is -0.123. The lowest BCUT2D eigenvalue weighted by Gasteiger charge is -2.23. The maximum atomic E-state index is 11.7. The molecule has 0 saturated carbocycles. The number of amides is 1. The molecule has 0 bridgehead atoms. The van der Waals surface area contributed by atoms with Crippen LogP contribution in [-0.2, 0) is 19.6 Å². The number of nitrogens with zero attached hydrogens (tertiary/aromatic N) is 1. The zero-order chi connectivity index (χ0) is 14.5. The molecule has 1 rings (SSSR count). The van der Waals surface area contributed by atoms with Crippen LogP contribution in [0.25, 0.3) is 0 Å². The number of hydrogen-bond acceptors (Lipinski definition) is 4. The fourth-order valence-corrected chi connectivity index (χ4v) is 2.78. The molecule has 1 unspecified atom stereocenters. The van der Waals surface area contributed by atoms with Gasteiger partial charge in [0.25, 0.3) is 0 Å². The van der Waals surface area contributed by atoms with Crippen molar-refractivity contribution in [2.24, 2.45) is 5.92 Å². The van der Waals surface area contributed by atoms with Crippen LogP contribution in [0.1, 0.15) is 26.7 Å². The zero-order valence-corrected chi connectivity index (χ0v) is 12.7. The van der Waals surface area contributed by atoms with Crippen molar-refractivity contribution in [2.45, 2.75) is 32.8 Å². The molecule has 1 fully saturated rings. The van der Waals surface area contributed by atoms with E-state index in [1.807, 2.05) is 0 Å². The molecule has 0 aromatic carbocycles. The van der Waals surface area contributed by atoms with Gasteiger partial charge in [-0.15, -0.1) is 0 Å². The molecule has 7 heteroatoms. The number of nitrogens with one attached hydrogen (secondary N) is 1. The third kappa shape index (κ3) is 5.88. The average Bonchev–Trinajstić information content (AvgIpc) is 2.78. The molecule has 112 valence electrons. The maximum Gasteiger partial charge on any atom is 0.222 e. The molecule has 1 heterocycles. The SMILES string of the molecule is CC(C)C(=O)NCCN(CC1CCCO1)S(C)(=O)=O. The van der Waals surface area contributed by atoms with Crippen LogP contribution in [0.4, 0.5) is 0 Å². The highest BCUT2D eigenvalue weighted by Gasteiger charge is 2.24. The highest BCUT2D eigenvalue weighted by atomic mass is 32.2. The van der Waals surface area contributed by atoms with E-state index in [-0.39, 0.29) is 24.5 Å². The summed E-state index contributed by atoms with van der Waals surface area (Å²) < 4.78 is 30.2. The largest absolute Gasteiger partial charge is 0.377 e. The Kier molecular flexibility index (Phi) is 6.22. The van der Waals surface area contributed by atoms with E-state index in [1.54, 1.807) is 13.8 Å². The number of ether oxygens (including phenoxy) is 1. The first kappa shape index (κ1) is 16.4. The van der Waals surface area contributed by atoms with E-state index >= 15 is 0 Å². The van der Waals surface area contributed by atoms with E-state index in [4.69, 9.17) is 4.74 Å². The lowest BCUT2D eigenvalue weighted by Crippen LogP contribution is -2.42. The van der Waals surface area contributed by atoms with Crippen molar-refractivity contribution in [3.63, 3.8) is 0 Å². The van der Waals surface area contributed by atoms with Crippen LogP contribution >= 0.6 is 0 Å². The van der Waals surface area contributed by atoms with Crippen LogP contribution in [0, 0.1) is 5.92 Å². The average molecular weight is 292 g/mol. The van der Waals surface area contributed by atoms with Crippen molar-refractivity contribution in [3.05, 3.63) is 0 Å². The quantitative estimate of drug-likeness (QED) is 0.727. The summed E-state index contributed by atoms with van der Waals surface area (Å²) in [6.45, 7) is 5.29. The molecular weight excluding hydrogens is 268 g/mol. The summed E-state index contributed by atoms with van der Waals surface area (Å²) in [4.78, 5) is 11.4. The molecular formula is C12H24N2O4S. The number of rotatable bonds is 7. The molecule has 1 N–H and O–H groups in total. The number of hydrogen-bond donors (Lipinski definition) is 1. The van der Waals surface area contributed by atoms with Crippen molar-refractivity contribution in [1.29, 1.82) is 0 Å². The van der Waals surface area contributed by atoms with E-state index in [0.29, 0.717) is 19.7 Å². The number of carbonyl (C=O) groups is 1. The third-order valence-electron chi connectivity index (χ3n) is 3.09. The monoisotopic (exact) mass is 292 g/mol. The van der Waals surface area contributed by atoms with Crippen LogP contribution in [-0.4, -0.2) is 57.2 Å². The normalized spacial score (nSPS) is 20.2. The van der Waals surface area contributed by atoms with Gasteiger partial charge in [0.2, 0.25) is 15.9 Å². The highest BCUT2D eigenvalue weighted by Crippen LogP contribution is 2.14. The van der Waals surface area contributed by atoms with Gasteiger partial charge in [-0.3, -0.25) is 4.79 Å². The molecule has 0 spiro atoms. The zero-order valence-electron chi connectivity index (χ0n) is 11.9.